The second-order valence-corrected chi connectivity index (χ2v) is 12.8. The van der Waals surface area contributed by atoms with Crippen LogP contribution in [0.5, 0.6) is 5.75 Å². The minimum atomic E-state index is -1.96. The number of hydrogen-bond acceptors (Lipinski definition) is 12. The van der Waals surface area contributed by atoms with Gasteiger partial charge in [-0.05, 0) is 30.5 Å². The maximum atomic E-state index is 14.7. The smallest absolute Gasteiger partial charge is 0.315 e. The predicted molar refractivity (Wildman–Crippen MR) is 166 cm³/mol. The van der Waals surface area contributed by atoms with Gasteiger partial charge in [-0.3, -0.25) is 9.59 Å². The molecular formula is C30H45FN4O11S. The lowest BCUT2D eigenvalue weighted by molar-refractivity contribution is -0.277. The molecule has 3 saturated heterocycles. The lowest BCUT2D eigenvalue weighted by atomic mass is 9.99. The standard InChI is InChI=1S/C30H45FN4O11S/c31-23(17-5-7-18(8-6-17)45-29-27(40)26(39)25(38)20(15-36)46-29)28(41)33-10-12-44-14-13-43-11-9-32-22(37)4-2-1-3-21-24-19(16-47-21)34-30(42)35-24/h5-8,19-21,23-27,29,36,38-40H,1-4,9-16H2,(H,32,37)(H,33,41)(H2,34,35,42)/t19?,20-,21?,23?,24?,25-,26+,27-,29-/m1/s1. The minimum absolute atomic E-state index is 0.0306. The van der Waals surface area contributed by atoms with E-state index < -0.39 is 49.4 Å². The van der Waals surface area contributed by atoms with E-state index in [2.05, 4.69) is 21.3 Å². The van der Waals surface area contributed by atoms with Crippen LogP contribution in [0, 0.1) is 0 Å². The average Bonchev–Trinajstić information content (AvgIpc) is 3.63. The van der Waals surface area contributed by atoms with Gasteiger partial charge >= 0.3 is 6.03 Å². The molecule has 3 aliphatic rings. The average molecular weight is 689 g/mol. The number of ether oxygens (including phenoxy) is 4. The van der Waals surface area contributed by atoms with Gasteiger partial charge in [-0.15, -0.1) is 0 Å². The van der Waals surface area contributed by atoms with E-state index in [1.54, 1.807) is 0 Å². The number of rotatable bonds is 19. The number of amides is 4. The Hall–Kier alpha value is -2.77. The SMILES string of the molecule is O=C(CCCCC1SCC2NC(=O)NC21)NCCOCCOCCNC(=O)C(F)c1ccc(O[C@@H]2O[C@H](CO)[C@@H](O)[C@H](O)[C@H]2O)cc1. The van der Waals surface area contributed by atoms with Gasteiger partial charge < -0.3 is 60.6 Å². The number of halogens is 1. The van der Waals surface area contributed by atoms with Crippen LogP contribution in [0.2, 0.25) is 0 Å². The molecule has 3 fully saturated rings. The Balaban J connectivity index is 0.976. The third kappa shape index (κ3) is 10.9. The molecule has 0 aliphatic carbocycles. The van der Waals surface area contributed by atoms with Gasteiger partial charge in [0.05, 0.1) is 45.1 Å². The summed E-state index contributed by atoms with van der Waals surface area (Å²) >= 11 is 1.86. The van der Waals surface area contributed by atoms with Crippen molar-refractivity contribution in [2.24, 2.45) is 0 Å². The Bertz CT molecular complexity index is 1150. The van der Waals surface area contributed by atoms with Crippen molar-refractivity contribution >= 4 is 29.6 Å². The van der Waals surface area contributed by atoms with Crippen LogP contribution < -0.4 is 26.0 Å². The second-order valence-electron chi connectivity index (χ2n) is 11.5. The zero-order valence-electron chi connectivity index (χ0n) is 25.9. The van der Waals surface area contributed by atoms with E-state index in [4.69, 9.17) is 18.9 Å². The Labute approximate surface area is 276 Å². The number of urea groups is 1. The van der Waals surface area contributed by atoms with Crippen LogP contribution in [0.15, 0.2) is 24.3 Å². The Kier molecular flexibility index (Phi) is 14.7. The first-order valence-electron chi connectivity index (χ1n) is 15.8. The molecule has 0 bridgehead atoms. The van der Waals surface area contributed by atoms with E-state index in [1.807, 2.05) is 11.8 Å². The molecule has 0 radical (unpaired) electrons. The number of unbranched alkanes of at least 4 members (excludes halogenated alkanes) is 1. The fraction of sp³-hybridized carbons (Fsp3) is 0.700. The monoisotopic (exact) mass is 688 g/mol. The number of alkyl halides is 1. The topological polar surface area (TPSA) is 217 Å². The lowest BCUT2D eigenvalue weighted by Gasteiger charge is -2.39. The predicted octanol–water partition coefficient (Wildman–Crippen LogP) is -1.13. The van der Waals surface area contributed by atoms with Gasteiger partial charge in [0.25, 0.3) is 5.91 Å². The number of aliphatic hydroxyl groups is 4. The highest BCUT2D eigenvalue weighted by molar-refractivity contribution is 8.00. The number of fused-ring (bicyclic) bond motifs is 1. The molecule has 4 rings (SSSR count). The molecule has 47 heavy (non-hydrogen) atoms. The van der Waals surface area contributed by atoms with Crippen LogP contribution in [0.1, 0.15) is 37.4 Å². The summed E-state index contributed by atoms with van der Waals surface area (Å²) in [7, 11) is 0. The molecule has 0 spiro atoms. The molecule has 8 N–H and O–H groups in total. The highest BCUT2D eigenvalue weighted by atomic mass is 32.2. The van der Waals surface area contributed by atoms with E-state index >= 15 is 0 Å². The van der Waals surface area contributed by atoms with Crippen LogP contribution in [-0.2, 0) is 23.8 Å². The normalized spacial score (nSPS) is 29.0. The summed E-state index contributed by atoms with van der Waals surface area (Å²) in [5, 5.41) is 50.7. The van der Waals surface area contributed by atoms with Gasteiger partial charge in [-0.1, -0.05) is 18.6 Å². The molecular weight excluding hydrogens is 643 g/mol. The third-order valence-corrected chi connectivity index (χ3v) is 9.58. The summed E-state index contributed by atoms with van der Waals surface area (Å²) in [4.78, 5) is 35.7. The third-order valence-electron chi connectivity index (χ3n) is 8.07. The lowest BCUT2D eigenvalue weighted by Crippen LogP contribution is -2.60. The molecule has 3 heterocycles. The number of aliphatic hydroxyl groups excluding tert-OH is 4. The Morgan fingerprint density at radius 1 is 0.979 bits per heavy atom. The van der Waals surface area contributed by atoms with Crippen LogP contribution in [0.3, 0.4) is 0 Å². The fourth-order valence-electron chi connectivity index (χ4n) is 5.45. The van der Waals surface area contributed by atoms with Crippen LogP contribution in [0.25, 0.3) is 0 Å². The van der Waals surface area contributed by atoms with Gasteiger partial charge in [0.2, 0.25) is 18.4 Å². The van der Waals surface area contributed by atoms with Crippen molar-refractivity contribution in [2.45, 2.75) is 79.9 Å². The van der Waals surface area contributed by atoms with Gasteiger partial charge in [-0.25, -0.2) is 9.18 Å². The summed E-state index contributed by atoms with van der Waals surface area (Å²) < 4.78 is 36.2. The Morgan fingerprint density at radius 3 is 2.38 bits per heavy atom. The molecule has 264 valence electrons. The van der Waals surface area contributed by atoms with E-state index in [0.29, 0.717) is 31.4 Å². The van der Waals surface area contributed by atoms with E-state index in [0.717, 1.165) is 25.0 Å². The maximum Gasteiger partial charge on any atom is 0.315 e. The van der Waals surface area contributed by atoms with E-state index in [9.17, 15) is 39.2 Å². The number of carbonyl (C=O) groups is 3. The largest absolute Gasteiger partial charge is 0.462 e. The molecule has 3 aliphatic heterocycles. The fourth-order valence-corrected chi connectivity index (χ4v) is 6.99. The zero-order chi connectivity index (χ0) is 33.8. The van der Waals surface area contributed by atoms with Gasteiger partial charge in [0.1, 0.15) is 30.2 Å². The van der Waals surface area contributed by atoms with Gasteiger partial charge in [-0.2, -0.15) is 11.8 Å². The number of hydrogen-bond donors (Lipinski definition) is 8. The van der Waals surface area contributed by atoms with Gasteiger partial charge in [0.15, 0.2) is 0 Å². The highest BCUT2D eigenvalue weighted by Gasteiger charge is 2.45. The summed E-state index contributed by atoms with van der Waals surface area (Å²) in [6.45, 7) is 0.890. The first kappa shape index (κ1) is 37.1. The molecule has 4 unspecified atom stereocenters. The first-order chi connectivity index (χ1) is 22.7. The van der Waals surface area contributed by atoms with Crippen molar-refractivity contribution in [2.75, 3.05) is 51.9 Å². The number of benzene rings is 1. The molecule has 15 nitrogen and oxygen atoms in total. The van der Waals surface area contributed by atoms with Crippen LogP contribution >= 0.6 is 11.8 Å². The molecule has 1 aromatic rings. The highest BCUT2D eigenvalue weighted by Crippen LogP contribution is 2.33. The van der Waals surface area contributed by atoms with E-state index in [1.165, 1.54) is 24.3 Å². The maximum absolute atomic E-state index is 14.7. The van der Waals surface area contributed by atoms with Gasteiger partial charge in [0, 0.05) is 30.5 Å². The summed E-state index contributed by atoms with van der Waals surface area (Å²) in [5.74, 6) is 0.185. The van der Waals surface area contributed by atoms with Crippen LogP contribution in [-0.4, -0.2) is 138 Å². The van der Waals surface area contributed by atoms with Crippen molar-refractivity contribution in [3.63, 3.8) is 0 Å². The van der Waals surface area contributed by atoms with Crippen molar-refractivity contribution in [3.05, 3.63) is 29.8 Å². The number of thioether (sulfide) groups is 1. The second kappa shape index (κ2) is 18.7. The van der Waals surface area contributed by atoms with Crippen molar-refractivity contribution in [1.82, 2.24) is 21.3 Å². The van der Waals surface area contributed by atoms with Crippen molar-refractivity contribution in [1.29, 1.82) is 0 Å². The zero-order valence-corrected chi connectivity index (χ0v) is 26.7. The minimum Gasteiger partial charge on any atom is -0.462 e. The van der Waals surface area contributed by atoms with Crippen molar-refractivity contribution in [3.8, 4) is 5.75 Å². The molecule has 4 amide bonds. The molecule has 17 heteroatoms. The molecule has 1 aromatic carbocycles. The van der Waals surface area contributed by atoms with Crippen molar-refractivity contribution < 1.29 is 58.1 Å². The molecule has 9 atom stereocenters. The molecule has 0 saturated carbocycles. The first-order valence-corrected chi connectivity index (χ1v) is 16.8. The summed E-state index contributed by atoms with van der Waals surface area (Å²) in [6.07, 6.45) is -6.07. The van der Waals surface area contributed by atoms with Crippen LogP contribution in [0.4, 0.5) is 9.18 Å². The number of nitrogens with one attached hydrogen (secondary N) is 4. The Morgan fingerprint density at radius 2 is 1.68 bits per heavy atom. The summed E-state index contributed by atoms with van der Waals surface area (Å²) in [6, 6.07) is 5.65. The molecule has 0 aromatic heterocycles. The van der Waals surface area contributed by atoms with E-state index in [-0.39, 0.29) is 55.1 Å². The quantitative estimate of drug-likeness (QED) is 0.0640. The number of carbonyl (C=O) groups excluding carboxylic acids is 3. The summed E-state index contributed by atoms with van der Waals surface area (Å²) in [5.41, 5.74) is 0.0595.